The van der Waals surface area contributed by atoms with Crippen molar-refractivity contribution in [1.82, 2.24) is 5.32 Å². The summed E-state index contributed by atoms with van der Waals surface area (Å²) in [4.78, 5) is 11.2. The van der Waals surface area contributed by atoms with Gasteiger partial charge in [0.1, 0.15) is 17.7 Å². The Labute approximate surface area is 186 Å². The second-order valence-corrected chi connectivity index (χ2v) is 8.08. The van der Waals surface area contributed by atoms with Crippen LogP contribution in [0.1, 0.15) is 25.8 Å². The van der Waals surface area contributed by atoms with E-state index >= 15 is 0 Å². The first-order valence-electron chi connectivity index (χ1n) is 10.7. The summed E-state index contributed by atoms with van der Waals surface area (Å²) in [6.07, 6.45) is -3.09. The number of hydrogen-bond donors (Lipinski definition) is 4. The number of benzene rings is 2. The summed E-state index contributed by atoms with van der Waals surface area (Å²) in [5.74, 6) is -0.500. The monoisotopic (exact) mass is 447 g/mol. The van der Waals surface area contributed by atoms with Crippen LogP contribution in [-0.4, -0.2) is 59.0 Å². The Kier molecular flexibility index (Phi) is 8.20. The molecule has 7 nitrogen and oxygen atoms in total. The molecule has 0 saturated carbocycles. The van der Waals surface area contributed by atoms with Gasteiger partial charge in [0.25, 0.3) is 0 Å². The third kappa shape index (κ3) is 5.83. The summed E-state index contributed by atoms with van der Waals surface area (Å²) in [6, 6.07) is 11.4. The van der Waals surface area contributed by atoms with Crippen molar-refractivity contribution >= 4 is 5.91 Å². The highest BCUT2D eigenvalue weighted by atomic mass is 19.1. The number of hydrogen-bond acceptors (Lipinski definition) is 6. The van der Waals surface area contributed by atoms with Gasteiger partial charge in [-0.1, -0.05) is 25.1 Å². The fraction of sp³-hybridized carbons (Fsp3) is 0.458. The van der Waals surface area contributed by atoms with Gasteiger partial charge in [0, 0.05) is 26.0 Å². The molecule has 0 unspecified atom stereocenters. The van der Waals surface area contributed by atoms with Gasteiger partial charge in [-0.15, -0.1) is 0 Å². The molecule has 4 N–H and O–H groups in total. The molecule has 0 bridgehead atoms. The summed E-state index contributed by atoms with van der Waals surface area (Å²) >= 11 is 0. The highest BCUT2D eigenvalue weighted by molar-refractivity contribution is 5.73. The van der Waals surface area contributed by atoms with Crippen molar-refractivity contribution in [2.75, 3.05) is 13.2 Å². The molecule has 1 amide bonds. The zero-order valence-electron chi connectivity index (χ0n) is 18.2. The molecule has 0 spiro atoms. The van der Waals surface area contributed by atoms with Gasteiger partial charge in [-0.05, 0) is 53.8 Å². The molecule has 3 rings (SSSR count). The fourth-order valence-electron chi connectivity index (χ4n) is 3.90. The lowest BCUT2D eigenvalue weighted by molar-refractivity contribution is -0.257. The molecule has 8 heteroatoms. The average molecular weight is 448 g/mol. The number of amides is 1. The number of aliphatic hydroxyl groups is 3. The van der Waals surface area contributed by atoms with E-state index in [2.05, 4.69) is 5.32 Å². The SMILES string of the molecule is CC(=O)NCCc1ccc(O[C@@H]2O[C@@H](CCO)[C@H](C)[C@@H](O)[C@H]2O)cc1-c1cccc(F)c1. The van der Waals surface area contributed by atoms with Crippen LogP contribution in [-0.2, 0) is 16.0 Å². The van der Waals surface area contributed by atoms with Crippen LogP contribution < -0.4 is 10.1 Å². The minimum absolute atomic E-state index is 0.114. The maximum absolute atomic E-state index is 13.9. The zero-order chi connectivity index (χ0) is 23.3. The number of aliphatic hydroxyl groups excluding tert-OH is 3. The molecular weight excluding hydrogens is 417 g/mol. The number of carbonyl (C=O) groups is 1. The van der Waals surface area contributed by atoms with Gasteiger partial charge < -0.3 is 30.1 Å². The zero-order valence-corrected chi connectivity index (χ0v) is 18.2. The molecule has 1 fully saturated rings. The lowest BCUT2D eigenvalue weighted by Crippen LogP contribution is -2.55. The van der Waals surface area contributed by atoms with Gasteiger partial charge in [-0.3, -0.25) is 4.79 Å². The summed E-state index contributed by atoms with van der Waals surface area (Å²) in [5.41, 5.74) is 2.25. The van der Waals surface area contributed by atoms with Crippen LogP contribution in [0.5, 0.6) is 5.75 Å². The number of ether oxygens (including phenoxy) is 2. The van der Waals surface area contributed by atoms with E-state index in [9.17, 15) is 24.5 Å². The van der Waals surface area contributed by atoms with Crippen molar-refractivity contribution < 1.29 is 34.0 Å². The fourth-order valence-corrected chi connectivity index (χ4v) is 3.90. The third-order valence-electron chi connectivity index (χ3n) is 5.71. The summed E-state index contributed by atoms with van der Waals surface area (Å²) in [5, 5.41) is 32.8. The topological polar surface area (TPSA) is 108 Å². The second-order valence-electron chi connectivity index (χ2n) is 8.08. The lowest BCUT2D eigenvalue weighted by Gasteiger charge is -2.41. The quantitative estimate of drug-likeness (QED) is 0.493. The van der Waals surface area contributed by atoms with Crippen LogP contribution >= 0.6 is 0 Å². The van der Waals surface area contributed by atoms with Crippen LogP contribution in [0.3, 0.4) is 0 Å². The molecule has 1 aliphatic rings. The van der Waals surface area contributed by atoms with Gasteiger partial charge in [-0.2, -0.15) is 0 Å². The van der Waals surface area contributed by atoms with Crippen molar-refractivity contribution in [3.05, 3.63) is 53.8 Å². The first-order valence-corrected chi connectivity index (χ1v) is 10.7. The maximum Gasteiger partial charge on any atom is 0.228 e. The number of halogens is 1. The third-order valence-corrected chi connectivity index (χ3v) is 5.71. The average Bonchev–Trinajstić information content (AvgIpc) is 2.76. The molecule has 2 aromatic rings. The van der Waals surface area contributed by atoms with Gasteiger partial charge in [0.15, 0.2) is 0 Å². The summed E-state index contributed by atoms with van der Waals surface area (Å²) < 4.78 is 25.6. The molecule has 1 saturated heterocycles. The predicted molar refractivity (Wildman–Crippen MR) is 116 cm³/mol. The number of nitrogens with one attached hydrogen (secondary N) is 1. The molecule has 0 aliphatic carbocycles. The van der Waals surface area contributed by atoms with E-state index in [1.807, 2.05) is 6.07 Å². The molecule has 1 aliphatic heterocycles. The van der Waals surface area contributed by atoms with E-state index in [0.717, 1.165) is 11.1 Å². The normalized spacial score (nSPS) is 25.4. The minimum Gasteiger partial charge on any atom is -0.462 e. The smallest absolute Gasteiger partial charge is 0.228 e. The number of carbonyl (C=O) groups excluding carboxylic acids is 1. The van der Waals surface area contributed by atoms with Crippen molar-refractivity contribution in [3.63, 3.8) is 0 Å². The first kappa shape index (κ1) is 24.1. The van der Waals surface area contributed by atoms with Crippen LogP contribution in [0.25, 0.3) is 11.1 Å². The Morgan fingerprint density at radius 3 is 2.66 bits per heavy atom. The molecule has 174 valence electrons. The van der Waals surface area contributed by atoms with Crippen molar-refractivity contribution in [1.29, 1.82) is 0 Å². The molecular formula is C24H30FNO6. The van der Waals surface area contributed by atoms with Crippen molar-refractivity contribution in [2.45, 2.75) is 51.3 Å². The van der Waals surface area contributed by atoms with Crippen LogP contribution in [0.15, 0.2) is 42.5 Å². The molecule has 0 aromatic heterocycles. The summed E-state index contributed by atoms with van der Waals surface area (Å²) in [6.45, 7) is 3.50. The maximum atomic E-state index is 13.9. The van der Waals surface area contributed by atoms with Gasteiger partial charge in [-0.25, -0.2) is 4.39 Å². The van der Waals surface area contributed by atoms with E-state index in [0.29, 0.717) is 30.7 Å². The highest BCUT2D eigenvalue weighted by Gasteiger charge is 2.43. The Morgan fingerprint density at radius 2 is 1.97 bits per heavy atom. The van der Waals surface area contributed by atoms with E-state index < -0.39 is 24.6 Å². The standard InChI is InChI=1S/C24H30FNO6/c1-14-21(9-11-27)32-24(23(30)22(14)29)31-19-7-6-16(8-10-26-15(2)28)20(13-19)17-4-3-5-18(25)12-17/h3-7,12-14,21-24,27,29-30H,8-11H2,1-2H3,(H,26,28)/t14-,21-,22+,23+,24+/m0/s1. The van der Waals surface area contributed by atoms with Crippen molar-refractivity contribution in [3.8, 4) is 16.9 Å². The van der Waals surface area contributed by atoms with Crippen LogP contribution in [0, 0.1) is 11.7 Å². The Hall–Kier alpha value is -2.52. The van der Waals surface area contributed by atoms with E-state index in [-0.39, 0.29) is 24.2 Å². The van der Waals surface area contributed by atoms with Crippen molar-refractivity contribution in [2.24, 2.45) is 5.92 Å². The second kappa shape index (κ2) is 10.9. The minimum atomic E-state index is -1.27. The largest absolute Gasteiger partial charge is 0.462 e. The Morgan fingerprint density at radius 1 is 1.19 bits per heavy atom. The highest BCUT2D eigenvalue weighted by Crippen LogP contribution is 2.33. The first-order chi connectivity index (χ1) is 15.3. The molecule has 0 radical (unpaired) electrons. The van der Waals surface area contributed by atoms with Gasteiger partial charge in [0.05, 0.1) is 12.2 Å². The number of rotatable bonds is 8. The van der Waals surface area contributed by atoms with E-state index in [1.54, 1.807) is 31.2 Å². The van der Waals surface area contributed by atoms with E-state index in [1.165, 1.54) is 19.1 Å². The summed E-state index contributed by atoms with van der Waals surface area (Å²) in [7, 11) is 0. The molecule has 5 atom stereocenters. The lowest BCUT2D eigenvalue weighted by atomic mass is 9.89. The molecule has 1 heterocycles. The molecule has 32 heavy (non-hydrogen) atoms. The van der Waals surface area contributed by atoms with Crippen LogP contribution in [0.2, 0.25) is 0 Å². The Bertz CT molecular complexity index is 923. The van der Waals surface area contributed by atoms with Gasteiger partial charge >= 0.3 is 0 Å². The van der Waals surface area contributed by atoms with E-state index in [4.69, 9.17) is 9.47 Å². The van der Waals surface area contributed by atoms with Crippen LogP contribution in [0.4, 0.5) is 4.39 Å². The predicted octanol–water partition coefficient (Wildman–Crippen LogP) is 2.02. The Balaban J connectivity index is 1.86. The molecule has 2 aromatic carbocycles. The van der Waals surface area contributed by atoms with Gasteiger partial charge in [0.2, 0.25) is 12.2 Å².